The number of carbonyl (C=O) groups is 1. The van der Waals surface area contributed by atoms with Crippen molar-refractivity contribution >= 4 is 16.9 Å². The third-order valence-electron chi connectivity index (χ3n) is 5.55. The van der Waals surface area contributed by atoms with E-state index in [1.54, 1.807) is 25.3 Å². The van der Waals surface area contributed by atoms with Crippen LogP contribution in [0.4, 0.5) is 0 Å². The minimum Gasteiger partial charge on any atom is -0.496 e. The van der Waals surface area contributed by atoms with Gasteiger partial charge in [0.05, 0.1) is 30.0 Å². The van der Waals surface area contributed by atoms with Crippen molar-refractivity contribution < 1.29 is 13.9 Å². The number of aryl methyl sites for hydroxylation is 2. The van der Waals surface area contributed by atoms with E-state index in [1.807, 2.05) is 68.8 Å². The van der Waals surface area contributed by atoms with Crippen molar-refractivity contribution in [2.75, 3.05) is 14.2 Å². The van der Waals surface area contributed by atoms with Crippen LogP contribution in [0.25, 0.3) is 22.3 Å². The second kappa shape index (κ2) is 8.49. The van der Waals surface area contributed by atoms with Gasteiger partial charge in [0, 0.05) is 30.8 Å². The third kappa shape index (κ3) is 3.86. The maximum absolute atomic E-state index is 13.6. The topological polar surface area (TPSA) is 73.4 Å². The molecule has 0 bridgehead atoms. The number of nitrogens with zero attached hydrogens (tertiary/aromatic N) is 4. The van der Waals surface area contributed by atoms with Crippen LogP contribution >= 0.6 is 0 Å². The van der Waals surface area contributed by atoms with E-state index in [-0.39, 0.29) is 11.9 Å². The third-order valence-corrected chi connectivity index (χ3v) is 5.55. The van der Waals surface area contributed by atoms with Crippen LogP contribution in [0.3, 0.4) is 0 Å². The van der Waals surface area contributed by atoms with Crippen molar-refractivity contribution in [3.63, 3.8) is 0 Å². The first-order valence-electron chi connectivity index (χ1n) is 10.6. The van der Waals surface area contributed by atoms with E-state index in [4.69, 9.17) is 14.1 Å². The Hall–Kier alpha value is -3.61. The largest absolute Gasteiger partial charge is 0.496 e. The number of furan rings is 1. The number of pyridine rings is 1. The van der Waals surface area contributed by atoms with E-state index in [2.05, 4.69) is 5.10 Å². The molecule has 0 aliphatic rings. The van der Waals surface area contributed by atoms with Gasteiger partial charge in [0.15, 0.2) is 5.65 Å². The van der Waals surface area contributed by atoms with Gasteiger partial charge in [-0.05, 0) is 45.9 Å². The lowest BCUT2D eigenvalue weighted by Crippen LogP contribution is -2.26. The van der Waals surface area contributed by atoms with E-state index in [1.165, 1.54) is 0 Å². The van der Waals surface area contributed by atoms with Gasteiger partial charge in [-0.15, -0.1) is 0 Å². The maximum atomic E-state index is 13.6. The number of amides is 1. The van der Waals surface area contributed by atoms with E-state index in [9.17, 15) is 4.79 Å². The van der Waals surface area contributed by atoms with Crippen molar-refractivity contribution in [1.29, 1.82) is 0 Å². The average molecular weight is 433 g/mol. The smallest absolute Gasteiger partial charge is 0.254 e. The van der Waals surface area contributed by atoms with Gasteiger partial charge in [0.2, 0.25) is 0 Å². The summed E-state index contributed by atoms with van der Waals surface area (Å²) >= 11 is 0. The number of methoxy groups -OCH3 is 1. The van der Waals surface area contributed by atoms with E-state index in [0.29, 0.717) is 23.4 Å². The van der Waals surface area contributed by atoms with Gasteiger partial charge in [0.25, 0.3) is 5.91 Å². The number of carbonyl (C=O) groups excluding carboxylic acids is 1. The number of para-hydroxylation sites is 1. The normalized spacial score (nSPS) is 11.3. The van der Waals surface area contributed by atoms with Crippen LogP contribution in [-0.4, -0.2) is 39.7 Å². The summed E-state index contributed by atoms with van der Waals surface area (Å²) < 4.78 is 13.0. The highest BCUT2D eigenvalue weighted by Gasteiger charge is 2.23. The number of fused-ring (bicyclic) bond motifs is 1. The van der Waals surface area contributed by atoms with Crippen molar-refractivity contribution in [2.24, 2.45) is 0 Å². The van der Waals surface area contributed by atoms with Crippen LogP contribution in [0.2, 0.25) is 0 Å². The predicted octanol–water partition coefficient (Wildman–Crippen LogP) is 5.17. The molecule has 0 radical (unpaired) electrons. The Morgan fingerprint density at radius 3 is 2.62 bits per heavy atom. The first-order valence-corrected chi connectivity index (χ1v) is 10.6. The zero-order valence-electron chi connectivity index (χ0n) is 19.3. The minimum absolute atomic E-state index is 0.106. The van der Waals surface area contributed by atoms with Crippen molar-refractivity contribution in [3.05, 3.63) is 65.2 Å². The standard InChI is InChI=1S/C25H28N4O3/c1-15(2)29-24-21(13-26-29)20(12-22(27-24)19-11-16(3)32-17(19)4)25(30)28(5)14-18-9-7-8-10-23(18)31-6/h7-13,15H,14H2,1-6H3. The molecule has 4 aromatic rings. The lowest BCUT2D eigenvalue weighted by molar-refractivity contribution is 0.0786. The van der Waals surface area contributed by atoms with Gasteiger partial charge in [-0.2, -0.15) is 5.10 Å². The van der Waals surface area contributed by atoms with Crippen molar-refractivity contribution in [3.8, 4) is 17.0 Å². The zero-order chi connectivity index (χ0) is 23.0. The molecule has 0 aliphatic heterocycles. The molecule has 0 spiro atoms. The summed E-state index contributed by atoms with van der Waals surface area (Å²) in [6.45, 7) is 8.32. The fraction of sp³-hybridized carbons (Fsp3) is 0.320. The molecule has 3 heterocycles. The monoisotopic (exact) mass is 432 g/mol. The van der Waals surface area contributed by atoms with Crippen LogP contribution in [0.1, 0.15) is 47.3 Å². The fourth-order valence-corrected chi connectivity index (χ4v) is 3.96. The maximum Gasteiger partial charge on any atom is 0.254 e. The van der Waals surface area contributed by atoms with Crippen LogP contribution < -0.4 is 4.74 Å². The minimum atomic E-state index is -0.106. The molecular formula is C25H28N4O3. The van der Waals surface area contributed by atoms with Gasteiger partial charge in [-0.25, -0.2) is 9.67 Å². The average Bonchev–Trinajstić information content (AvgIpc) is 3.35. The second-order valence-corrected chi connectivity index (χ2v) is 8.28. The summed E-state index contributed by atoms with van der Waals surface area (Å²) in [7, 11) is 3.43. The molecule has 7 nitrogen and oxygen atoms in total. The van der Waals surface area contributed by atoms with Gasteiger partial charge in [0.1, 0.15) is 17.3 Å². The molecule has 0 N–H and O–H groups in total. The molecule has 0 fully saturated rings. The van der Waals surface area contributed by atoms with Crippen LogP contribution in [0, 0.1) is 13.8 Å². The molecule has 4 rings (SSSR count). The molecular weight excluding hydrogens is 404 g/mol. The molecule has 0 saturated heterocycles. The molecule has 3 aromatic heterocycles. The Morgan fingerprint density at radius 1 is 1.22 bits per heavy atom. The number of hydrogen-bond acceptors (Lipinski definition) is 5. The van der Waals surface area contributed by atoms with E-state index in [0.717, 1.165) is 33.8 Å². The van der Waals surface area contributed by atoms with Gasteiger partial charge in [-0.3, -0.25) is 4.79 Å². The summed E-state index contributed by atoms with van der Waals surface area (Å²) in [6, 6.07) is 11.6. The van der Waals surface area contributed by atoms with Crippen molar-refractivity contribution in [2.45, 2.75) is 40.3 Å². The Labute approximate surface area is 187 Å². The quantitative estimate of drug-likeness (QED) is 0.420. The van der Waals surface area contributed by atoms with Crippen LogP contribution in [0.5, 0.6) is 5.75 Å². The number of benzene rings is 1. The number of ether oxygens (including phenoxy) is 1. The number of rotatable bonds is 6. The fourth-order valence-electron chi connectivity index (χ4n) is 3.96. The number of aromatic nitrogens is 3. The summed E-state index contributed by atoms with van der Waals surface area (Å²) in [5.74, 6) is 2.22. The van der Waals surface area contributed by atoms with Crippen molar-refractivity contribution in [1.82, 2.24) is 19.7 Å². The highest BCUT2D eigenvalue weighted by Crippen LogP contribution is 2.31. The Kier molecular flexibility index (Phi) is 5.74. The Bertz CT molecular complexity index is 1290. The highest BCUT2D eigenvalue weighted by atomic mass is 16.5. The molecule has 0 aliphatic carbocycles. The Balaban J connectivity index is 1.81. The molecule has 0 atom stereocenters. The van der Waals surface area contributed by atoms with E-state index >= 15 is 0 Å². The summed E-state index contributed by atoms with van der Waals surface area (Å²) in [6.07, 6.45) is 1.73. The van der Waals surface area contributed by atoms with Gasteiger partial charge < -0.3 is 14.1 Å². The first-order chi connectivity index (χ1) is 15.3. The first kappa shape index (κ1) is 21.6. The predicted molar refractivity (Wildman–Crippen MR) is 124 cm³/mol. The summed E-state index contributed by atoms with van der Waals surface area (Å²) in [5.41, 5.74) is 3.76. The van der Waals surface area contributed by atoms with Crippen LogP contribution in [-0.2, 0) is 6.54 Å². The summed E-state index contributed by atoms with van der Waals surface area (Å²) in [5, 5.41) is 5.24. The number of hydrogen-bond donors (Lipinski definition) is 0. The molecule has 0 unspecified atom stereocenters. The second-order valence-electron chi connectivity index (χ2n) is 8.28. The molecule has 7 heteroatoms. The summed E-state index contributed by atoms with van der Waals surface area (Å²) in [4.78, 5) is 20.2. The molecule has 166 valence electrons. The molecule has 1 amide bonds. The molecule has 1 aromatic carbocycles. The van der Waals surface area contributed by atoms with Gasteiger partial charge in [-0.1, -0.05) is 18.2 Å². The molecule has 0 saturated carbocycles. The highest BCUT2D eigenvalue weighted by molar-refractivity contribution is 6.06. The SMILES string of the molecule is COc1ccccc1CN(C)C(=O)c1cc(-c2cc(C)oc2C)nc2c1cnn2C(C)C. The lowest BCUT2D eigenvalue weighted by Gasteiger charge is -2.20. The Morgan fingerprint density at radius 2 is 1.97 bits per heavy atom. The zero-order valence-corrected chi connectivity index (χ0v) is 19.3. The lowest BCUT2D eigenvalue weighted by atomic mass is 10.1. The van der Waals surface area contributed by atoms with E-state index < -0.39 is 0 Å². The van der Waals surface area contributed by atoms with Gasteiger partial charge >= 0.3 is 0 Å². The molecule has 32 heavy (non-hydrogen) atoms. The van der Waals surface area contributed by atoms with Crippen LogP contribution in [0.15, 0.2) is 47.0 Å².